The molecule has 11 heteroatoms. The predicted octanol–water partition coefficient (Wildman–Crippen LogP) is 2.04. The summed E-state index contributed by atoms with van der Waals surface area (Å²) in [5, 5.41) is 15.5. The van der Waals surface area contributed by atoms with E-state index in [-0.39, 0.29) is 29.4 Å². The van der Waals surface area contributed by atoms with Crippen LogP contribution in [0.2, 0.25) is 0 Å². The van der Waals surface area contributed by atoms with E-state index in [9.17, 15) is 18.5 Å². The van der Waals surface area contributed by atoms with E-state index in [4.69, 9.17) is 9.15 Å². The summed E-state index contributed by atoms with van der Waals surface area (Å²) in [6, 6.07) is 7.07. The minimum absolute atomic E-state index is 0.0758. The summed E-state index contributed by atoms with van der Waals surface area (Å²) in [5.41, 5.74) is 2.77. The Kier molecular flexibility index (Phi) is 5.54. The summed E-state index contributed by atoms with van der Waals surface area (Å²) in [4.78, 5) is 10.6. The van der Waals surface area contributed by atoms with Crippen LogP contribution in [0.25, 0.3) is 0 Å². The van der Waals surface area contributed by atoms with Crippen LogP contribution >= 0.6 is 0 Å². The van der Waals surface area contributed by atoms with Crippen LogP contribution in [0.15, 0.2) is 51.0 Å². The maximum absolute atomic E-state index is 12.7. The van der Waals surface area contributed by atoms with Crippen molar-refractivity contribution in [1.29, 1.82) is 0 Å². The third-order valence-electron chi connectivity index (χ3n) is 4.00. The van der Waals surface area contributed by atoms with E-state index < -0.39 is 14.9 Å². The van der Waals surface area contributed by atoms with Gasteiger partial charge in [-0.25, -0.2) is 8.42 Å². The number of furan rings is 1. The van der Waals surface area contributed by atoms with Crippen molar-refractivity contribution in [2.75, 3.05) is 31.7 Å². The molecular formula is C16H18N4O6S. The van der Waals surface area contributed by atoms with Crippen molar-refractivity contribution in [1.82, 2.24) is 4.31 Å². The fourth-order valence-electron chi connectivity index (χ4n) is 2.54. The molecule has 2 aromatic rings. The molecule has 0 unspecified atom stereocenters. The molecule has 1 N–H and O–H groups in total. The molecule has 1 aromatic carbocycles. The lowest BCUT2D eigenvalue weighted by Crippen LogP contribution is -2.40. The highest BCUT2D eigenvalue weighted by atomic mass is 32.2. The van der Waals surface area contributed by atoms with Gasteiger partial charge in [-0.3, -0.25) is 15.5 Å². The lowest BCUT2D eigenvalue weighted by atomic mass is 10.3. The second-order valence-electron chi connectivity index (χ2n) is 5.74. The highest BCUT2D eigenvalue weighted by Gasteiger charge is 2.28. The molecule has 0 saturated carbocycles. The molecule has 0 aliphatic carbocycles. The Labute approximate surface area is 155 Å². The van der Waals surface area contributed by atoms with Gasteiger partial charge in [-0.15, -0.1) is 0 Å². The van der Waals surface area contributed by atoms with Gasteiger partial charge in [0.1, 0.15) is 17.2 Å². The summed E-state index contributed by atoms with van der Waals surface area (Å²) < 4.78 is 37.0. The van der Waals surface area contributed by atoms with E-state index in [1.807, 2.05) is 0 Å². The van der Waals surface area contributed by atoms with Gasteiger partial charge in [0.25, 0.3) is 5.69 Å². The first-order chi connectivity index (χ1) is 12.9. The molecule has 0 spiro atoms. The van der Waals surface area contributed by atoms with Crippen molar-refractivity contribution >= 4 is 27.1 Å². The third kappa shape index (κ3) is 4.15. The predicted molar refractivity (Wildman–Crippen MR) is 97.2 cm³/mol. The van der Waals surface area contributed by atoms with Crippen LogP contribution in [0.5, 0.6) is 0 Å². The van der Waals surface area contributed by atoms with Crippen LogP contribution in [0.3, 0.4) is 0 Å². The topological polar surface area (TPSA) is 127 Å². The molecule has 1 fully saturated rings. The Morgan fingerprint density at radius 1 is 1.30 bits per heavy atom. The van der Waals surface area contributed by atoms with Gasteiger partial charge in [0, 0.05) is 19.2 Å². The van der Waals surface area contributed by atoms with Gasteiger partial charge in [0.05, 0.1) is 29.3 Å². The van der Waals surface area contributed by atoms with Crippen molar-refractivity contribution in [2.24, 2.45) is 5.10 Å². The molecule has 0 radical (unpaired) electrons. The molecule has 0 bridgehead atoms. The molecule has 10 nitrogen and oxygen atoms in total. The summed E-state index contributed by atoms with van der Waals surface area (Å²) >= 11 is 0. The van der Waals surface area contributed by atoms with E-state index >= 15 is 0 Å². The molecule has 27 heavy (non-hydrogen) atoms. The number of ether oxygens (including phenoxy) is 1. The van der Waals surface area contributed by atoms with Crippen molar-refractivity contribution in [3.8, 4) is 0 Å². The van der Waals surface area contributed by atoms with E-state index in [2.05, 4.69) is 10.5 Å². The molecule has 144 valence electrons. The largest absolute Gasteiger partial charge is 0.463 e. The average Bonchev–Trinajstić information content (AvgIpc) is 3.21. The van der Waals surface area contributed by atoms with Crippen LogP contribution < -0.4 is 5.43 Å². The molecular weight excluding hydrogens is 376 g/mol. The standard InChI is InChI=1S/C16H18N4O6S/c1-12(16-3-2-8-26-16)17-18-14-5-4-13(11-15(14)20(21)22)27(23,24)19-6-9-25-10-7-19/h2-5,8,11,18H,6-7,9-10H2,1H3/b17-12+. The van der Waals surface area contributed by atoms with Crippen LogP contribution in [-0.2, 0) is 14.8 Å². The minimum atomic E-state index is -3.83. The third-order valence-corrected chi connectivity index (χ3v) is 5.89. The van der Waals surface area contributed by atoms with Gasteiger partial charge in [-0.05, 0) is 31.2 Å². The highest BCUT2D eigenvalue weighted by Crippen LogP contribution is 2.29. The Bertz CT molecular complexity index is 949. The molecule has 1 aliphatic rings. The van der Waals surface area contributed by atoms with E-state index in [1.165, 1.54) is 22.7 Å². The number of sulfonamides is 1. The van der Waals surface area contributed by atoms with Crippen LogP contribution in [0.1, 0.15) is 12.7 Å². The minimum Gasteiger partial charge on any atom is -0.463 e. The molecule has 2 heterocycles. The number of nitro groups is 1. The number of hydrazone groups is 1. The maximum Gasteiger partial charge on any atom is 0.295 e. The fourth-order valence-corrected chi connectivity index (χ4v) is 3.97. The lowest BCUT2D eigenvalue weighted by molar-refractivity contribution is -0.384. The SMILES string of the molecule is C/C(=N\Nc1ccc(S(=O)(=O)N2CCOCC2)cc1[N+](=O)[O-])c1ccco1. The van der Waals surface area contributed by atoms with Gasteiger partial charge in [0.2, 0.25) is 10.0 Å². The zero-order valence-corrected chi connectivity index (χ0v) is 15.3. The number of nitrogens with one attached hydrogen (secondary N) is 1. The maximum atomic E-state index is 12.7. The van der Waals surface area contributed by atoms with Crippen molar-refractivity contribution in [3.63, 3.8) is 0 Å². The van der Waals surface area contributed by atoms with Gasteiger partial charge in [-0.2, -0.15) is 9.41 Å². The van der Waals surface area contributed by atoms with Crippen LogP contribution in [0.4, 0.5) is 11.4 Å². The molecule has 1 saturated heterocycles. The van der Waals surface area contributed by atoms with E-state index in [1.54, 1.807) is 19.1 Å². The lowest BCUT2D eigenvalue weighted by Gasteiger charge is -2.26. The first-order valence-electron chi connectivity index (χ1n) is 8.10. The van der Waals surface area contributed by atoms with E-state index in [0.717, 1.165) is 6.07 Å². The first kappa shape index (κ1) is 19.0. The molecule has 0 amide bonds. The summed E-state index contributed by atoms with van der Waals surface area (Å²) in [6.07, 6.45) is 1.49. The molecule has 1 aromatic heterocycles. The quantitative estimate of drug-likeness (QED) is 0.451. The first-order valence-corrected chi connectivity index (χ1v) is 9.54. The number of hydrogen-bond acceptors (Lipinski definition) is 8. The summed E-state index contributed by atoms with van der Waals surface area (Å²) in [5.74, 6) is 0.511. The monoisotopic (exact) mass is 394 g/mol. The van der Waals surface area contributed by atoms with Gasteiger partial charge < -0.3 is 9.15 Å². The highest BCUT2D eigenvalue weighted by molar-refractivity contribution is 7.89. The molecule has 3 rings (SSSR count). The number of nitro benzene ring substituents is 1. The number of morpholine rings is 1. The Morgan fingerprint density at radius 3 is 2.67 bits per heavy atom. The number of anilines is 1. The Balaban J connectivity index is 1.89. The number of benzene rings is 1. The van der Waals surface area contributed by atoms with Crippen molar-refractivity contribution in [3.05, 3.63) is 52.5 Å². The summed E-state index contributed by atoms with van der Waals surface area (Å²) in [6.45, 7) is 2.68. The number of nitrogens with zero attached hydrogens (tertiary/aromatic N) is 3. The normalized spacial score (nSPS) is 16.3. The molecule has 1 aliphatic heterocycles. The Morgan fingerprint density at radius 2 is 2.04 bits per heavy atom. The number of hydrogen-bond donors (Lipinski definition) is 1. The van der Waals surface area contributed by atoms with E-state index in [0.29, 0.717) is 24.7 Å². The van der Waals surface area contributed by atoms with Gasteiger partial charge in [0.15, 0.2) is 0 Å². The van der Waals surface area contributed by atoms with Gasteiger partial charge in [-0.1, -0.05) is 0 Å². The van der Waals surface area contributed by atoms with Gasteiger partial charge >= 0.3 is 0 Å². The average molecular weight is 394 g/mol. The zero-order chi connectivity index (χ0) is 19.4. The van der Waals surface area contributed by atoms with Crippen molar-refractivity contribution < 1.29 is 22.5 Å². The smallest absolute Gasteiger partial charge is 0.295 e. The van der Waals surface area contributed by atoms with Crippen molar-refractivity contribution in [2.45, 2.75) is 11.8 Å². The second kappa shape index (κ2) is 7.86. The van der Waals surface area contributed by atoms with Crippen LogP contribution in [-0.4, -0.2) is 49.7 Å². The number of rotatable bonds is 6. The van der Waals surface area contributed by atoms with Crippen LogP contribution in [0, 0.1) is 10.1 Å². The molecule has 0 atom stereocenters. The Hall–Kier alpha value is -2.76. The zero-order valence-electron chi connectivity index (χ0n) is 14.5. The fraction of sp³-hybridized carbons (Fsp3) is 0.312. The second-order valence-corrected chi connectivity index (χ2v) is 7.68. The summed E-state index contributed by atoms with van der Waals surface area (Å²) in [7, 11) is -3.83.